The van der Waals surface area contributed by atoms with Crippen molar-refractivity contribution in [1.29, 1.82) is 0 Å². The van der Waals surface area contributed by atoms with Gasteiger partial charge in [-0.1, -0.05) is 0 Å². The maximum atomic E-state index is 11.6. The topological polar surface area (TPSA) is 26.0 Å². The quantitative estimate of drug-likeness (QED) is 0.684. The molecule has 0 amide bonds. The van der Waals surface area contributed by atoms with E-state index in [1.807, 2.05) is 0 Å². The van der Waals surface area contributed by atoms with Gasteiger partial charge in [0.1, 0.15) is 0 Å². The zero-order chi connectivity index (χ0) is 8.48. The summed E-state index contributed by atoms with van der Waals surface area (Å²) in [6.45, 7) is 0. The first-order valence-electron chi connectivity index (χ1n) is 3.81. The molecule has 1 unspecified atom stereocenters. The molecule has 0 aromatic carbocycles. The van der Waals surface area contributed by atoms with Crippen molar-refractivity contribution in [1.82, 2.24) is 0 Å². The molecule has 1 atom stereocenters. The van der Waals surface area contributed by atoms with Crippen LogP contribution in [0, 0.1) is 5.92 Å². The molecule has 0 aliphatic heterocycles. The van der Waals surface area contributed by atoms with Gasteiger partial charge in [-0.2, -0.15) is 13.2 Å². The van der Waals surface area contributed by atoms with Crippen LogP contribution in [0.2, 0.25) is 0 Å². The second-order valence-corrected chi connectivity index (χ2v) is 3.16. The normalized spacial score (nSPS) is 21.8. The Balaban J connectivity index is 2.10. The van der Waals surface area contributed by atoms with E-state index in [-0.39, 0.29) is 12.5 Å². The predicted octanol–water partition coefficient (Wildman–Crippen LogP) is 2.07. The molecule has 0 spiro atoms. The number of hydrogen-bond acceptors (Lipinski definition) is 1. The van der Waals surface area contributed by atoms with Gasteiger partial charge in [0.2, 0.25) is 0 Å². The molecule has 2 N–H and O–H groups in total. The number of halogens is 3. The minimum atomic E-state index is -4.04. The number of rotatable bonds is 3. The lowest BCUT2D eigenvalue weighted by Gasteiger charge is -2.11. The predicted molar refractivity (Wildman–Crippen MR) is 36.0 cm³/mol. The molecule has 0 bridgehead atoms. The summed E-state index contributed by atoms with van der Waals surface area (Å²) >= 11 is 0. The van der Waals surface area contributed by atoms with E-state index in [1.165, 1.54) is 0 Å². The molecule has 4 heteroatoms. The van der Waals surface area contributed by atoms with Gasteiger partial charge < -0.3 is 5.73 Å². The van der Waals surface area contributed by atoms with Crippen LogP contribution < -0.4 is 5.73 Å². The van der Waals surface area contributed by atoms with E-state index in [9.17, 15) is 13.2 Å². The molecular weight excluding hydrogens is 155 g/mol. The third kappa shape index (κ3) is 3.60. The molecular formula is C7H12F3N. The summed E-state index contributed by atoms with van der Waals surface area (Å²) in [5, 5.41) is 0. The van der Waals surface area contributed by atoms with Crippen molar-refractivity contribution in [2.45, 2.75) is 37.9 Å². The van der Waals surface area contributed by atoms with Gasteiger partial charge in [0.15, 0.2) is 0 Å². The van der Waals surface area contributed by atoms with Crippen molar-refractivity contribution in [2.75, 3.05) is 0 Å². The van der Waals surface area contributed by atoms with Gasteiger partial charge in [-0.25, -0.2) is 0 Å². The van der Waals surface area contributed by atoms with Crippen molar-refractivity contribution in [2.24, 2.45) is 11.7 Å². The Labute approximate surface area is 63.8 Å². The smallest absolute Gasteiger partial charge is 0.327 e. The van der Waals surface area contributed by atoms with Crippen molar-refractivity contribution >= 4 is 0 Å². The summed E-state index contributed by atoms with van der Waals surface area (Å²) in [5.41, 5.74) is 5.49. The highest BCUT2D eigenvalue weighted by atomic mass is 19.4. The Bertz CT molecular complexity index is 128. The van der Waals surface area contributed by atoms with Crippen molar-refractivity contribution in [3.63, 3.8) is 0 Å². The fourth-order valence-electron chi connectivity index (χ4n) is 1.09. The lowest BCUT2D eigenvalue weighted by Crippen LogP contribution is -2.24. The van der Waals surface area contributed by atoms with Gasteiger partial charge in [0.05, 0.1) is 0 Å². The van der Waals surface area contributed by atoms with Crippen LogP contribution in [-0.4, -0.2) is 12.2 Å². The second-order valence-electron chi connectivity index (χ2n) is 3.16. The fraction of sp³-hybridized carbons (Fsp3) is 1.00. The molecule has 0 saturated heterocycles. The first-order valence-corrected chi connectivity index (χ1v) is 3.81. The van der Waals surface area contributed by atoms with E-state index in [1.54, 1.807) is 0 Å². The molecule has 1 nitrogen and oxygen atoms in total. The molecule has 1 aliphatic rings. The van der Waals surface area contributed by atoms with Crippen LogP contribution in [0.3, 0.4) is 0 Å². The highest BCUT2D eigenvalue weighted by Gasteiger charge is 2.33. The van der Waals surface area contributed by atoms with Crippen LogP contribution in [-0.2, 0) is 0 Å². The van der Waals surface area contributed by atoms with Crippen molar-refractivity contribution in [3.05, 3.63) is 0 Å². The molecule has 1 saturated carbocycles. The molecule has 1 rings (SSSR count). The van der Waals surface area contributed by atoms with Gasteiger partial charge in [-0.15, -0.1) is 0 Å². The Morgan fingerprint density at radius 2 is 1.91 bits per heavy atom. The Morgan fingerprint density at radius 3 is 2.27 bits per heavy atom. The van der Waals surface area contributed by atoms with E-state index in [0.717, 1.165) is 12.8 Å². The molecule has 0 aromatic heterocycles. The lowest BCUT2D eigenvalue weighted by atomic mass is 10.1. The zero-order valence-electron chi connectivity index (χ0n) is 6.19. The summed E-state index contributed by atoms with van der Waals surface area (Å²) in [6.07, 6.45) is -2.65. The Kier molecular flexibility index (Phi) is 2.42. The summed E-state index contributed by atoms with van der Waals surface area (Å²) in [4.78, 5) is 0. The van der Waals surface area contributed by atoms with Crippen LogP contribution in [0.15, 0.2) is 0 Å². The zero-order valence-corrected chi connectivity index (χ0v) is 6.19. The minimum absolute atomic E-state index is 0.0914. The van der Waals surface area contributed by atoms with Crippen molar-refractivity contribution < 1.29 is 13.2 Å². The van der Waals surface area contributed by atoms with Crippen LogP contribution in [0.5, 0.6) is 0 Å². The van der Waals surface area contributed by atoms with E-state index in [4.69, 9.17) is 5.73 Å². The van der Waals surface area contributed by atoms with E-state index in [0.29, 0.717) is 5.92 Å². The molecule has 66 valence electrons. The van der Waals surface area contributed by atoms with E-state index >= 15 is 0 Å². The second kappa shape index (κ2) is 3.01. The average molecular weight is 167 g/mol. The van der Waals surface area contributed by atoms with Crippen LogP contribution in [0.4, 0.5) is 13.2 Å². The van der Waals surface area contributed by atoms with Crippen molar-refractivity contribution in [3.8, 4) is 0 Å². The summed E-state index contributed by atoms with van der Waals surface area (Å²) in [7, 11) is 0. The average Bonchev–Trinajstić information content (AvgIpc) is 2.61. The summed E-state index contributed by atoms with van der Waals surface area (Å²) in [6, 6.07) is -0.225. The highest BCUT2D eigenvalue weighted by Crippen LogP contribution is 2.34. The van der Waals surface area contributed by atoms with Gasteiger partial charge in [-0.05, 0) is 25.2 Å². The number of hydrogen-bond donors (Lipinski definition) is 1. The van der Waals surface area contributed by atoms with Gasteiger partial charge in [0, 0.05) is 12.5 Å². The largest absolute Gasteiger partial charge is 0.389 e. The third-order valence-corrected chi connectivity index (χ3v) is 1.99. The standard InChI is InChI=1S/C7H12F3N/c8-7(9,10)4-3-6(11)5-1-2-5/h5-6H,1-4,11H2. The first-order chi connectivity index (χ1) is 4.99. The van der Waals surface area contributed by atoms with Crippen LogP contribution in [0.1, 0.15) is 25.7 Å². The summed E-state index contributed by atoms with van der Waals surface area (Å²) < 4.78 is 34.9. The molecule has 0 aromatic rings. The number of alkyl halides is 3. The van der Waals surface area contributed by atoms with Crippen LogP contribution >= 0.6 is 0 Å². The van der Waals surface area contributed by atoms with Gasteiger partial charge in [0.25, 0.3) is 0 Å². The molecule has 1 fully saturated rings. The maximum absolute atomic E-state index is 11.6. The molecule has 0 radical (unpaired) electrons. The Hall–Kier alpha value is -0.250. The Morgan fingerprint density at radius 1 is 1.36 bits per heavy atom. The lowest BCUT2D eigenvalue weighted by molar-refractivity contribution is -0.136. The first kappa shape index (κ1) is 8.84. The number of nitrogens with two attached hydrogens (primary N) is 1. The molecule has 1 aliphatic carbocycles. The van der Waals surface area contributed by atoms with Gasteiger partial charge >= 0.3 is 6.18 Å². The van der Waals surface area contributed by atoms with Crippen LogP contribution in [0.25, 0.3) is 0 Å². The fourth-order valence-corrected chi connectivity index (χ4v) is 1.09. The molecule has 11 heavy (non-hydrogen) atoms. The summed E-state index contributed by atoms with van der Waals surface area (Å²) in [5.74, 6) is 0.373. The van der Waals surface area contributed by atoms with E-state index in [2.05, 4.69) is 0 Å². The monoisotopic (exact) mass is 167 g/mol. The third-order valence-electron chi connectivity index (χ3n) is 1.99. The minimum Gasteiger partial charge on any atom is -0.327 e. The van der Waals surface area contributed by atoms with Gasteiger partial charge in [-0.3, -0.25) is 0 Å². The SMILES string of the molecule is NC(CCC(F)(F)F)C1CC1. The van der Waals surface area contributed by atoms with E-state index < -0.39 is 12.6 Å². The highest BCUT2D eigenvalue weighted by molar-refractivity contribution is 4.84. The molecule has 0 heterocycles. The maximum Gasteiger partial charge on any atom is 0.389 e.